The zero-order valence-electron chi connectivity index (χ0n) is 9.78. The average Bonchev–Trinajstić information content (AvgIpc) is 2.26. The standard InChI is InChI=1S/C12H24O2P/c1-2-3-4-8-11-15(13,14)12-9-6-5-7-10-12/h9,13-14H,2-8,10-11H2,1H3/q+1. The van der Waals surface area contributed by atoms with Gasteiger partial charge in [-0.15, -0.1) is 0 Å². The molecule has 0 radical (unpaired) electrons. The largest absolute Gasteiger partial charge is 0.295 e. The lowest BCUT2D eigenvalue weighted by Gasteiger charge is -2.18. The lowest BCUT2D eigenvalue weighted by atomic mass is 10.1. The van der Waals surface area contributed by atoms with Crippen molar-refractivity contribution in [1.29, 1.82) is 0 Å². The van der Waals surface area contributed by atoms with Gasteiger partial charge in [0.15, 0.2) is 0 Å². The van der Waals surface area contributed by atoms with Crippen molar-refractivity contribution in [3.8, 4) is 0 Å². The summed E-state index contributed by atoms with van der Waals surface area (Å²) in [5, 5.41) is 0.963. The Bertz CT molecular complexity index is 212. The Hall–Kier alpha value is 0.0900. The second-order valence-corrected chi connectivity index (χ2v) is 6.94. The first-order valence-electron chi connectivity index (χ1n) is 6.20. The fraction of sp³-hybridized carbons (Fsp3) is 0.833. The molecule has 1 rings (SSSR count). The minimum Gasteiger partial charge on any atom is -0.215 e. The van der Waals surface area contributed by atoms with Crippen LogP contribution >= 0.6 is 7.72 Å². The molecule has 0 heterocycles. The Morgan fingerprint density at radius 3 is 2.60 bits per heavy atom. The molecule has 1 aliphatic carbocycles. The SMILES string of the molecule is CCCCCC[P+](O)(O)C1=CCCCC1. The predicted octanol–water partition coefficient (Wildman–Crippen LogP) is 3.86. The first kappa shape index (κ1) is 13.2. The molecule has 0 fully saturated rings. The summed E-state index contributed by atoms with van der Waals surface area (Å²) in [7, 11) is -2.70. The van der Waals surface area contributed by atoms with Crippen LogP contribution in [0.4, 0.5) is 0 Å². The zero-order chi connectivity index (χ0) is 11.1. The summed E-state index contributed by atoms with van der Waals surface area (Å²) in [5.74, 6) is 0. The van der Waals surface area contributed by atoms with Crippen LogP contribution in [-0.4, -0.2) is 15.9 Å². The third kappa shape index (κ3) is 4.63. The molecule has 2 N–H and O–H groups in total. The lowest BCUT2D eigenvalue weighted by molar-refractivity contribution is 0.449. The smallest absolute Gasteiger partial charge is 0.215 e. The van der Waals surface area contributed by atoms with Gasteiger partial charge in [-0.1, -0.05) is 19.8 Å². The van der Waals surface area contributed by atoms with E-state index in [4.69, 9.17) is 0 Å². The molecule has 0 aromatic rings. The number of rotatable bonds is 6. The van der Waals surface area contributed by atoms with E-state index in [1.807, 2.05) is 0 Å². The van der Waals surface area contributed by atoms with Crippen LogP contribution in [0, 0.1) is 0 Å². The summed E-state index contributed by atoms with van der Waals surface area (Å²) in [4.78, 5) is 20.1. The summed E-state index contributed by atoms with van der Waals surface area (Å²) in [6.45, 7) is 2.17. The Balaban J connectivity index is 2.33. The van der Waals surface area contributed by atoms with Crippen molar-refractivity contribution in [1.82, 2.24) is 0 Å². The van der Waals surface area contributed by atoms with Gasteiger partial charge in [0.1, 0.15) is 11.5 Å². The maximum atomic E-state index is 10.0. The Morgan fingerprint density at radius 2 is 2.00 bits per heavy atom. The van der Waals surface area contributed by atoms with Crippen LogP contribution in [-0.2, 0) is 0 Å². The van der Waals surface area contributed by atoms with Gasteiger partial charge >= 0.3 is 0 Å². The van der Waals surface area contributed by atoms with Gasteiger partial charge in [0.2, 0.25) is 0 Å². The van der Waals surface area contributed by atoms with Crippen LogP contribution in [0.25, 0.3) is 0 Å². The molecule has 0 saturated carbocycles. The molecule has 0 unspecified atom stereocenters. The summed E-state index contributed by atoms with van der Waals surface area (Å²) < 4.78 is 0. The van der Waals surface area contributed by atoms with Gasteiger partial charge in [0.05, 0.1) is 0 Å². The molecule has 15 heavy (non-hydrogen) atoms. The maximum Gasteiger partial charge on any atom is 0.295 e. The van der Waals surface area contributed by atoms with E-state index in [1.165, 1.54) is 19.3 Å². The summed E-state index contributed by atoms with van der Waals surface area (Å²) in [6, 6.07) is 0. The molecular weight excluding hydrogens is 207 g/mol. The normalized spacial score (nSPS) is 17.7. The van der Waals surface area contributed by atoms with Crippen molar-refractivity contribution in [2.45, 2.75) is 58.3 Å². The molecule has 2 nitrogen and oxygen atoms in total. The van der Waals surface area contributed by atoms with Crippen molar-refractivity contribution in [3.63, 3.8) is 0 Å². The van der Waals surface area contributed by atoms with Gasteiger partial charge in [-0.2, -0.15) is 0 Å². The minimum atomic E-state index is -2.70. The molecule has 0 bridgehead atoms. The monoisotopic (exact) mass is 231 g/mol. The quantitative estimate of drug-likeness (QED) is 0.538. The molecule has 0 aromatic carbocycles. The molecule has 0 aromatic heterocycles. The van der Waals surface area contributed by atoms with E-state index >= 15 is 0 Å². The second-order valence-electron chi connectivity index (χ2n) is 4.46. The molecule has 0 saturated heterocycles. The zero-order valence-corrected chi connectivity index (χ0v) is 10.7. The Labute approximate surface area is 93.9 Å². The minimum absolute atomic E-state index is 0.610. The highest BCUT2D eigenvalue weighted by atomic mass is 31.2. The van der Waals surface area contributed by atoms with Gasteiger partial charge in [-0.25, -0.2) is 9.79 Å². The van der Waals surface area contributed by atoms with E-state index in [0.717, 1.165) is 37.4 Å². The van der Waals surface area contributed by atoms with E-state index in [-0.39, 0.29) is 0 Å². The number of hydrogen-bond donors (Lipinski definition) is 2. The van der Waals surface area contributed by atoms with E-state index in [0.29, 0.717) is 6.16 Å². The summed E-state index contributed by atoms with van der Waals surface area (Å²) in [5.41, 5.74) is 0. The third-order valence-electron chi connectivity index (χ3n) is 3.05. The Kier molecular flexibility index (Phi) is 5.81. The van der Waals surface area contributed by atoms with Crippen molar-refractivity contribution >= 4 is 7.72 Å². The predicted molar refractivity (Wildman–Crippen MR) is 66.9 cm³/mol. The van der Waals surface area contributed by atoms with Gasteiger partial charge in [-0.05, 0) is 38.2 Å². The molecule has 88 valence electrons. The van der Waals surface area contributed by atoms with Crippen molar-refractivity contribution in [2.24, 2.45) is 0 Å². The number of hydrogen-bond acceptors (Lipinski definition) is 2. The number of unbranched alkanes of at least 4 members (excludes halogenated alkanes) is 3. The second kappa shape index (κ2) is 6.62. The van der Waals surface area contributed by atoms with Gasteiger partial charge in [0.25, 0.3) is 7.72 Å². The van der Waals surface area contributed by atoms with E-state index in [2.05, 4.69) is 13.0 Å². The van der Waals surface area contributed by atoms with Crippen molar-refractivity contribution in [2.75, 3.05) is 6.16 Å². The van der Waals surface area contributed by atoms with Crippen LogP contribution in [0.1, 0.15) is 58.3 Å². The van der Waals surface area contributed by atoms with E-state index in [1.54, 1.807) is 0 Å². The maximum absolute atomic E-state index is 10.0. The van der Waals surface area contributed by atoms with Crippen molar-refractivity contribution < 1.29 is 9.79 Å². The highest BCUT2D eigenvalue weighted by Gasteiger charge is 2.38. The summed E-state index contributed by atoms with van der Waals surface area (Å²) >= 11 is 0. The van der Waals surface area contributed by atoms with E-state index < -0.39 is 7.72 Å². The average molecular weight is 231 g/mol. The van der Waals surface area contributed by atoms with Gasteiger partial charge < -0.3 is 0 Å². The van der Waals surface area contributed by atoms with Crippen LogP contribution in [0.5, 0.6) is 0 Å². The summed E-state index contributed by atoms with van der Waals surface area (Å²) in [6.07, 6.45) is 11.5. The van der Waals surface area contributed by atoms with Gasteiger partial charge in [-0.3, -0.25) is 0 Å². The topological polar surface area (TPSA) is 40.5 Å². The molecule has 1 aliphatic rings. The molecule has 0 aliphatic heterocycles. The molecular formula is C12H24O2P+. The van der Waals surface area contributed by atoms with Crippen LogP contribution in [0.15, 0.2) is 11.4 Å². The number of allylic oxidation sites excluding steroid dienone is 2. The van der Waals surface area contributed by atoms with Crippen LogP contribution in [0.3, 0.4) is 0 Å². The molecule has 0 spiro atoms. The fourth-order valence-electron chi connectivity index (χ4n) is 2.05. The highest BCUT2D eigenvalue weighted by molar-refractivity contribution is 7.68. The van der Waals surface area contributed by atoms with E-state index in [9.17, 15) is 9.79 Å². The Morgan fingerprint density at radius 1 is 1.20 bits per heavy atom. The molecule has 3 heteroatoms. The fourth-order valence-corrected chi connectivity index (χ4v) is 3.94. The first-order valence-corrected chi connectivity index (χ1v) is 8.08. The van der Waals surface area contributed by atoms with Crippen LogP contribution in [0.2, 0.25) is 0 Å². The third-order valence-corrected chi connectivity index (χ3v) is 5.32. The lowest BCUT2D eigenvalue weighted by Crippen LogP contribution is -2.03. The first-order chi connectivity index (χ1) is 7.17. The highest BCUT2D eigenvalue weighted by Crippen LogP contribution is 2.61. The molecule has 0 amide bonds. The van der Waals surface area contributed by atoms with Crippen LogP contribution < -0.4 is 0 Å². The molecule has 0 atom stereocenters. The van der Waals surface area contributed by atoms with Gasteiger partial charge in [0, 0.05) is 6.42 Å². The van der Waals surface area contributed by atoms with Crippen molar-refractivity contribution in [3.05, 3.63) is 11.4 Å².